The highest BCUT2D eigenvalue weighted by Gasteiger charge is 2.26. The van der Waals surface area contributed by atoms with Gasteiger partial charge < -0.3 is 15.5 Å². The summed E-state index contributed by atoms with van der Waals surface area (Å²) in [5.41, 5.74) is 1.71. The fourth-order valence-corrected chi connectivity index (χ4v) is 3.05. The van der Waals surface area contributed by atoms with E-state index in [9.17, 15) is 24.2 Å². The maximum absolute atomic E-state index is 13.1. The minimum Gasteiger partial charge on any atom is -0.505 e. The van der Waals surface area contributed by atoms with Gasteiger partial charge in [0.1, 0.15) is 0 Å². The van der Waals surface area contributed by atoms with E-state index in [0.717, 1.165) is 12.1 Å². The number of nitrogens with zero attached hydrogens (tertiary/aromatic N) is 1. The summed E-state index contributed by atoms with van der Waals surface area (Å²) in [4.78, 5) is 28.0. The van der Waals surface area contributed by atoms with Crippen molar-refractivity contribution in [3.05, 3.63) is 69.3 Å². The fraction of sp³-hybridized carbons (Fsp3) is 0.286. The average Bonchev–Trinajstić information content (AvgIpc) is 2.68. The number of amides is 1. The first-order chi connectivity index (χ1) is 13.6. The highest BCUT2D eigenvalue weighted by Crippen LogP contribution is 2.32. The van der Waals surface area contributed by atoms with Crippen LogP contribution in [0.4, 0.5) is 10.1 Å². The maximum atomic E-state index is 13.1. The Morgan fingerprint density at radius 3 is 2.59 bits per heavy atom. The molecule has 29 heavy (non-hydrogen) atoms. The zero-order chi connectivity index (χ0) is 21.7. The second-order valence-corrected chi connectivity index (χ2v) is 7.03. The predicted octanol–water partition coefficient (Wildman–Crippen LogP) is 3.58. The summed E-state index contributed by atoms with van der Waals surface area (Å²) in [6, 6.07) is 6.39. The van der Waals surface area contributed by atoms with Crippen LogP contribution in [-0.2, 0) is 11.2 Å². The summed E-state index contributed by atoms with van der Waals surface area (Å²) >= 11 is 6.17. The Morgan fingerprint density at radius 1 is 1.31 bits per heavy atom. The summed E-state index contributed by atoms with van der Waals surface area (Å²) in [5.74, 6) is -3.40. The van der Waals surface area contributed by atoms with Crippen LogP contribution in [0.3, 0.4) is 0 Å². The van der Waals surface area contributed by atoms with Crippen LogP contribution in [0, 0.1) is 25.2 Å². The molecule has 0 aliphatic heterocycles. The van der Waals surface area contributed by atoms with Crippen LogP contribution in [0.5, 0.6) is 5.75 Å². The summed E-state index contributed by atoms with van der Waals surface area (Å²) in [7, 11) is 0. The molecule has 0 saturated carbocycles. The molecule has 0 aliphatic rings. The Bertz CT molecular complexity index is 985. The van der Waals surface area contributed by atoms with Gasteiger partial charge in [0.15, 0.2) is 17.3 Å². The Balaban J connectivity index is 2.10. The van der Waals surface area contributed by atoms with E-state index >= 15 is 0 Å². The molecule has 1 amide bonds. The number of carbonyl (C=O) groups is 2. The van der Waals surface area contributed by atoms with Gasteiger partial charge in [-0.15, -0.1) is 0 Å². The van der Waals surface area contributed by atoms with E-state index in [1.165, 1.54) is 13.0 Å². The fourth-order valence-electron chi connectivity index (χ4n) is 2.82. The van der Waals surface area contributed by atoms with Crippen molar-refractivity contribution in [2.24, 2.45) is 5.92 Å². The lowest BCUT2D eigenvalue weighted by atomic mass is 9.91. The summed E-state index contributed by atoms with van der Waals surface area (Å²) in [6.45, 7) is 9.91. The second kappa shape index (κ2) is 9.50. The molecule has 152 valence electrons. The largest absolute Gasteiger partial charge is 0.505 e. The molecular weight excluding hydrogens is 399 g/mol. The van der Waals surface area contributed by atoms with E-state index in [4.69, 9.17) is 18.2 Å². The minimum atomic E-state index is -1.00. The number of ketones is 1. The third kappa shape index (κ3) is 5.31. The van der Waals surface area contributed by atoms with Crippen molar-refractivity contribution in [3.8, 4) is 5.75 Å². The number of hydrogen-bond acceptors (Lipinski definition) is 4. The van der Waals surface area contributed by atoms with Crippen LogP contribution in [0.15, 0.2) is 30.3 Å². The molecule has 0 heterocycles. The minimum absolute atomic E-state index is 0.0511. The van der Waals surface area contributed by atoms with Crippen LogP contribution in [0.25, 0.3) is 4.85 Å². The molecule has 0 unspecified atom stereocenters. The highest BCUT2D eigenvalue weighted by molar-refractivity contribution is 6.34. The number of hydrogen-bond donors (Lipinski definition) is 3. The molecule has 3 N–H and O–H groups in total. The van der Waals surface area contributed by atoms with E-state index in [0.29, 0.717) is 21.8 Å². The first-order valence-electron chi connectivity index (χ1n) is 8.78. The number of aliphatic hydroxyl groups is 1. The molecule has 6 nitrogen and oxygen atoms in total. The number of phenolic OH excluding ortho intramolecular Hbond substituents is 1. The lowest BCUT2D eigenvalue weighted by molar-refractivity contribution is -0.127. The van der Waals surface area contributed by atoms with Crippen molar-refractivity contribution < 1.29 is 24.2 Å². The number of Topliss-reactive ketones (excluding diaryl/α,β-unsaturated/α-hetero) is 1. The number of aliphatic hydroxyl groups excluding tert-OH is 1. The van der Waals surface area contributed by atoms with Gasteiger partial charge >= 0.3 is 0 Å². The monoisotopic (exact) mass is 418 g/mol. The van der Waals surface area contributed by atoms with E-state index in [1.807, 2.05) is 0 Å². The zero-order valence-electron chi connectivity index (χ0n) is 15.9. The number of phenols is 1. The molecule has 0 aromatic heterocycles. The molecule has 8 heteroatoms. The molecule has 2 atom stereocenters. The highest BCUT2D eigenvalue weighted by atomic mass is 35.5. The third-order valence-corrected chi connectivity index (χ3v) is 5.13. The van der Waals surface area contributed by atoms with Gasteiger partial charge in [-0.25, -0.2) is 9.24 Å². The number of carbonyl (C=O) groups excluding carboxylic acids is 2. The van der Waals surface area contributed by atoms with Gasteiger partial charge in [0.25, 0.3) is 0 Å². The van der Waals surface area contributed by atoms with Crippen molar-refractivity contribution in [3.63, 3.8) is 0 Å². The van der Waals surface area contributed by atoms with Gasteiger partial charge in [-0.2, -0.15) is 0 Å². The zero-order valence-corrected chi connectivity index (χ0v) is 16.6. The average molecular weight is 419 g/mol. The normalized spacial score (nSPS) is 12.7. The van der Waals surface area contributed by atoms with E-state index in [2.05, 4.69) is 10.2 Å². The summed E-state index contributed by atoms with van der Waals surface area (Å²) in [6.07, 6.45) is -0.836. The Kier molecular flexibility index (Phi) is 7.32. The summed E-state index contributed by atoms with van der Waals surface area (Å²) < 4.78 is 13.1. The van der Waals surface area contributed by atoms with Crippen LogP contribution in [0.2, 0.25) is 5.02 Å². The predicted molar refractivity (Wildman–Crippen MR) is 107 cm³/mol. The third-order valence-electron chi connectivity index (χ3n) is 4.65. The van der Waals surface area contributed by atoms with Gasteiger partial charge in [0, 0.05) is 5.56 Å². The molecule has 0 radical (unpaired) electrons. The number of aromatic hydroxyl groups is 1. The molecule has 0 spiro atoms. The van der Waals surface area contributed by atoms with Gasteiger partial charge in [-0.1, -0.05) is 23.7 Å². The first-order valence-corrected chi connectivity index (χ1v) is 9.16. The van der Waals surface area contributed by atoms with Gasteiger partial charge in [0.2, 0.25) is 11.6 Å². The van der Waals surface area contributed by atoms with Crippen molar-refractivity contribution in [1.29, 1.82) is 0 Å². The number of halogens is 2. The van der Waals surface area contributed by atoms with Crippen LogP contribution in [0.1, 0.15) is 28.4 Å². The van der Waals surface area contributed by atoms with Crippen molar-refractivity contribution in [1.82, 2.24) is 5.32 Å². The molecule has 2 aromatic rings. The maximum Gasteiger partial charge on any atom is 0.226 e. The molecule has 2 aromatic carbocycles. The molecule has 0 aliphatic carbocycles. The first kappa shape index (κ1) is 22.3. The lowest BCUT2D eigenvalue weighted by Crippen LogP contribution is -2.40. The Morgan fingerprint density at radius 2 is 2.00 bits per heavy atom. The van der Waals surface area contributed by atoms with E-state index in [1.54, 1.807) is 19.1 Å². The summed E-state index contributed by atoms with van der Waals surface area (Å²) in [5, 5.41) is 22.2. The number of benzene rings is 2. The van der Waals surface area contributed by atoms with Gasteiger partial charge in [-0.3, -0.25) is 9.59 Å². The van der Waals surface area contributed by atoms with E-state index in [-0.39, 0.29) is 18.5 Å². The van der Waals surface area contributed by atoms with Crippen molar-refractivity contribution in [2.75, 3.05) is 6.54 Å². The lowest BCUT2D eigenvalue weighted by Gasteiger charge is -2.21. The van der Waals surface area contributed by atoms with Crippen molar-refractivity contribution >= 4 is 29.0 Å². The topological polar surface area (TPSA) is 91.0 Å². The SMILES string of the molecule is [C-]#[N+]c1ccc(C[C@@H](C(=O)NCC(=O)c2ccc(F)c(O)c2)[C@H](C)O)c(C)c1Cl. The Labute approximate surface area is 172 Å². The molecular formula is C21H20ClFN2O4. The van der Waals surface area contributed by atoms with E-state index < -0.39 is 35.3 Å². The van der Waals surface area contributed by atoms with Gasteiger partial charge in [0.05, 0.1) is 30.2 Å². The molecule has 0 bridgehead atoms. The number of nitrogens with one attached hydrogen (secondary N) is 1. The molecule has 0 fully saturated rings. The van der Waals surface area contributed by atoms with Crippen LogP contribution < -0.4 is 5.32 Å². The second-order valence-electron chi connectivity index (χ2n) is 6.65. The standard InChI is InChI=1S/C21H20ClFN2O4/c1-11-13(5-7-17(24-3)20(11)22)8-15(12(2)26)21(29)25-10-19(28)14-4-6-16(23)18(27)9-14/h4-7,9,12,15,26-27H,8,10H2,1-2H3,(H,25,29)/t12-,15+/m0/s1. The van der Waals surface area contributed by atoms with Crippen LogP contribution >= 0.6 is 11.6 Å². The Hall–Kier alpha value is -2.95. The van der Waals surface area contributed by atoms with Crippen LogP contribution in [-0.4, -0.2) is 34.6 Å². The van der Waals surface area contributed by atoms with Gasteiger partial charge in [-0.05, 0) is 49.6 Å². The molecule has 0 saturated heterocycles. The molecule has 2 rings (SSSR count). The van der Waals surface area contributed by atoms with Crippen molar-refractivity contribution in [2.45, 2.75) is 26.4 Å². The quantitative estimate of drug-likeness (QED) is 0.473. The smallest absolute Gasteiger partial charge is 0.226 e. The number of rotatable bonds is 7.